The smallest absolute Gasteiger partial charge is 0.253 e. The van der Waals surface area contributed by atoms with Gasteiger partial charge in [-0.2, -0.15) is 0 Å². The van der Waals surface area contributed by atoms with Crippen LogP contribution < -0.4 is 21.5 Å². The lowest BCUT2D eigenvalue weighted by Crippen LogP contribution is -2.36. The van der Waals surface area contributed by atoms with Gasteiger partial charge in [-0.25, -0.2) is 0 Å². The van der Waals surface area contributed by atoms with E-state index in [1.165, 1.54) is 0 Å². The molecule has 94 valence electrons. The Bertz CT molecular complexity index is 660. The molecule has 0 aliphatic heterocycles. The second-order valence-electron chi connectivity index (χ2n) is 3.85. The van der Waals surface area contributed by atoms with Gasteiger partial charge in [-0.15, -0.1) is 0 Å². The number of halogens is 1. The van der Waals surface area contributed by atoms with Crippen LogP contribution in [0.3, 0.4) is 0 Å². The van der Waals surface area contributed by atoms with Gasteiger partial charge in [0.2, 0.25) is 0 Å². The van der Waals surface area contributed by atoms with Crippen LogP contribution in [-0.4, -0.2) is 11.5 Å². The van der Waals surface area contributed by atoms with Crippen molar-refractivity contribution in [3.05, 3.63) is 43.4 Å². The number of rotatable bonds is 4. The maximum atomic E-state index is 11.4. The number of hydrogen-bond acceptors (Lipinski definition) is 5. The molecule has 2 N–H and O–H groups in total. The van der Waals surface area contributed by atoms with Crippen molar-refractivity contribution in [2.24, 2.45) is 0 Å². The van der Waals surface area contributed by atoms with E-state index in [4.69, 9.17) is 11.6 Å². The Morgan fingerprint density at radius 3 is 2.56 bits per heavy atom. The summed E-state index contributed by atoms with van der Waals surface area (Å²) in [6, 6.07) is 1.66. The van der Waals surface area contributed by atoms with E-state index in [0.29, 0.717) is 28.6 Å². The third kappa shape index (κ3) is 2.09. The van der Waals surface area contributed by atoms with E-state index in [1.807, 2.05) is 6.92 Å². The average Bonchev–Trinajstić information content (AvgIpc) is 2.37. The number of pyridine rings is 1. The predicted molar refractivity (Wildman–Crippen MR) is 72.8 cm³/mol. The highest BCUT2D eigenvalue weighted by Crippen LogP contribution is 2.23. The molecule has 0 aliphatic carbocycles. The lowest BCUT2D eigenvalue weighted by Gasteiger charge is -2.13. The quantitative estimate of drug-likeness (QED) is 0.825. The van der Waals surface area contributed by atoms with Crippen molar-refractivity contribution in [1.29, 1.82) is 0 Å². The molecule has 0 aliphatic rings. The first-order valence-corrected chi connectivity index (χ1v) is 5.88. The zero-order chi connectivity index (χ0) is 13.3. The Morgan fingerprint density at radius 2 is 1.94 bits per heavy atom. The summed E-state index contributed by atoms with van der Waals surface area (Å²) in [6.07, 6.45) is 1.56. The third-order valence-corrected chi connectivity index (χ3v) is 2.94. The molecule has 1 aromatic heterocycles. The van der Waals surface area contributed by atoms with Gasteiger partial charge >= 0.3 is 0 Å². The van der Waals surface area contributed by atoms with Crippen LogP contribution in [0.2, 0.25) is 5.02 Å². The number of aromatic nitrogens is 1. The van der Waals surface area contributed by atoms with Crippen molar-refractivity contribution in [2.75, 3.05) is 17.2 Å². The Hall–Kier alpha value is -1.88. The highest BCUT2D eigenvalue weighted by Gasteiger charge is 2.20. The lowest BCUT2D eigenvalue weighted by molar-refractivity contribution is 1.17. The fraction of sp³-hybridized carbons (Fsp3) is 0.250. The fourth-order valence-corrected chi connectivity index (χ4v) is 1.74. The molecule has 0 unspecified atom stereocenters. The van der Waals surface area contributed by atoms with E-state index in [9.17, 15) is 9.59 Å². The molecule has 6 heteroatoms. The average molecular weight is 266 g/mol. The van der Waals surface area contributed by atoms with Crippen molar-refractivity contribution in [1.82, 2.24) is 4.98 Å². The van der Waals surface area contributed by atoms with Crippen LogP contribution in [-0.2, 0) is 0 Å². The zero-order valence-electron chi connectivity index (χ0n) is 10.0. The molecule has 5 nitrogen and oxygen atoms in total. The van der Waals surface area contributed by atoms with Gasteiger partial charge in [0.25, 0.3) is 10.9 Å². The predicted octanol–water partition coefficient (Wildman–Crippen LogP) is 1.81. The van der Waals surface area contributed by atoms with E-state index in [0.717, 1.165) is 0 Å². The molecule has 2 rings (SSSR count). The molecule has 1 aromatic carbocycles. The standard InChI is InChI=1S/C12H12ClN3O2/c1-3-14-9-10(12(18)11(9)17)16-7-4-8(13)6(2)15-5-7/h4-5,14,16H,3H2,1-2H3. The Kier molecular flexibility index (Phi) is 3.34. The van der Waals surface area contributed by atoms with Crippen molar-refractivity contribution >= 4 is 28.7 Å². The Balaban J connectivity index is 2.29. The largest absolute Gasteiger partial charge is 0.380 e. The number of nitrogens with one attached hydrogen (secondary N) is 2. The van der Waals surface area contributed by atoms with Crippen LogP contribution >= 0.6 is 11.6 Å². The minimum absolute atomic E-state index is 0.267. The third-order valence-electron chi connectivity index (χ3n) is 2.56. The molecular weight excluding hydrogens is 254 g/mol. The van der Waals surface area contributed by atoms with Gasteiger partial charge in [0.15, 0.2) is 0 Å². The molecule has 0 saturated heterocycles. The van der Waals surface area contributed by atoms with Gasteiger partial charge in [-0.3, -0.25) is 14.6 Å². The molecule has 18 heavy (non-hydrogen) atoms. The van der Waals surface area contributed by atoms with Crippen molar-refractivity contribution < 1.29 is 0 Å². The summed E-state index contributed by atoms with van der Waals surface area (Å²) in [5.74, 6) is 0. The summed E-state index contributed by atoms with van der Waals surface area (Å²) < 4.78 is 0. The summed E-state index contributed by atoms with van der Waals surface area (Å²) >= 11 is 5.94. The van der Waals surface area contributed by atoms with Crippen LogP contribution in [0.1, 0.15) is 12.6 Å². The minimum Gasteiger partial charge on any atom is -0.380 e. The molecule has 0 radical (unpaired) electrons. The number of anilines is 3. The molecule has 0 bridgehead atoms. The van der Waals surface area contributed by atoms with Gasteiger partial charge in [0.05, 0.1) is 22.6 Å². The molecule has 0 fully saturated rings. The first kappa shape index (κ1) is 12.6. The van der Waals surface area contributed by atoms with Gasteiger partial charge < -0.3 is 10.6 Å². The van der Waals surface area contributed by atoms with Crippen molar-refractivity contribution in [3.8, 4) is 0 Å². The fourth-order valence-electron chi connectivity index (χ4n) is 1.58. The molecule has 0 saturated carbocycles. The maximum absolute atomic E-state index is 11.4. The molecule has 0 amide bonds. The van der Waals surface area contributed by atoms with E-state index < -0.39 is 10.9 Å². The first-order chi connectivity index (χ1) is 8.54. The lowest BCUT2D eigenvalue weighted by atomic mass is 10.2. The topological polar surface area (TPSA) is 71.1 Å². The number of nitrogens with zero attached hydrogens (tertiary/aromatic N) is 1. The van der Waals surface area contributed by atoms with Crippen molar-refractivity contribution in [2.45, 2.75) is 13.8 Å². The summed E-state index contributed by atoms with van der Waals surface area (Å²) in [4.78, 5) is 26.8. The number of hydrogen-bond donors (Lipinski definition) is 2. The summed E-state index contributed by atoms with van der Waals surface area (Å²) in [5, 5.41) is 6.22. The zero-order valence-corrected chi connectivity index (χ0v) is 10.8. The monoisotopic (exact) mass is 265 g/mol. The van der Waals surface area contributed by atoms with E-state index >= 15 is 0 Å². The summed E-state index contributed by atoms with van der Waals surface area (Å²) in [7, 11) is 0. The van der Waals surface area contributed by atoms with Gasteiger partial charge in [-0.05, 0) is 19.9 Å². The van der Waals surface area contributed by atoms with Crippen LogP contribution in [0, 0.1) is 6.92 Å². The molecule has 1 heterocycles. The van der Waals surface area contributed by atoms with E-state index in [2.05, 4.69) is 15.6 Å². The van der Waals surface area contributed by atoms with Crippen LogP contribution in [0.25, 0.3) is 0 Å². The molecular formula is C12H12ClN3O2. The van der Waals surface area contributed by atoms with Crippen molar-refractivity contribution in [3.63, 3.8) is 0 Å². The van der Waals surface area contributed by atoms with Gasteiger partial charge in [0, 0.05) is 6.54 Å². The normalized spacial score (nSPS) is 10.6. The Labute approximate surface area is 109 Å². The Morgan fingerprint density at radius 1 is 1.28 bits per heavy atom. The van der Waals surface area contributed by atoms with Gasteiger partial charge in [-0.1, -0.05) is 11.6 Å². The van der Waals surface area contributed by atoms with Crippen LogP contribution in [0.4, 0.5) is 17.1 Å². The first-order valence-electron chi connectivity index (χ1n) is 5.51. The second kappa shape index (κ2) is 4.78. The molecule has 0 spiro atoms. The molecule has 2 aromatic rings. The van der Waals surface area contributed by atoms with E-state index in [1.54, 1.807) is 19.2 Å². The SMILES string of the molecule is CCNc1c(Nc2cnc(C)c(Cl)c2)c(=O)c1=O. The summed E-state index contributed by atoms with van der Waals surface area (Å²) in [6.45, 7) is 4.21. The highest BCUT2D eigenvalue weighted by atomic mass is 35.5. The highest BCUT2D eigenvalue weighted by molar-refractivity contribution is 6.31. The van der Waals surface area contributed by atoms with Crippen LogP contribution in [0.5, 0.6) is 0 Å². The summed E-state index contributed by atoms with van der Waals surface area (Å²) in [5.41, 5.74) is 0.854. The van der Waals surface area contributed by atoms with Gasteiger partial charge in [0.1, 0.15) is 11.4 Å². The minimum atomic E-state index is -0.525. The van der Waals surface area contributed by atoms with E-state index in [-0.39, 0.29) is 5.69 Å². The second-order valence-corrected chi connectivity index (χ2v) is 4.26. The maximum Gasteiger partial charge on any atom is 0.253 e. The number of aryl methyl sites for hydroxylation is 1. The molecule has 0 atom stereocenters. The van der Waals surface area contributed by atoms with Crippen LogP contribution in [0.15, 0.2) is 21.9 Å².